The zero-order chi connectivity index (χ0) is 25.5. The molecule has 0 saturated heterocycles. The molecule has 4 rings (SSSR count). The highest BCUT2D eigenvalue weighted by atomic mass is 32.2. The molecule has 3 aromatic carbocycles. The number of carbonyl (C=O) groups is 1. The third-order valence-corrected chi connectivity index (χ3v) is 8.06. The molecule has 1 aromatic heterocycles. The van der Waals surface area contributed by atoms with Crippen LogP contribution in [0.3, 0.4) is 0 Å². The summed E-state index contributed by atoms with van der Waals surface area (Å²) in [5, 5.41) is 5.12. The topological polar surface area (TPSA) is 88.6 Å². The summed E-state index contributed by atoms with van der Waals surface area (Å²) in [5.74, 6) is 0.444. The van der Waals surface area contributed by atoms with E-state index in [1.54, 1.807) is 31.2 Å². The van der Waals surface area contributed by atoms with E-state index in [1.807, 2.05) is 35.7 Å². The number of thiazole rings is 1. The van der Waals surface area contributed by atoms with Crippen molar-refractivity contribution < 1.29 is 17.9 Å². The Morgan fingerprint density at radius 3 is 2.31 bits per heavy atom. The van der Waals surface area contributed by atoms with Crippen LogP contribution in [-0.2, 0) is 10.0 Å². The first kappa shape index (κ1) is 25.4. The molecule has 186 valence electrons. The summed E-state index contributed by atoms with van der Waals surface area (Å²) in [6.45, 7) is 4.79. The molecule has 4 aromatic rings. The minimum absolute atomic E-state index is 0.118. The van der Waals surface area contributed by atoms with Crippen LogP contribution in [0.2, 0.25) is 0 Å². The number of nitrogens with one attached hydrogen (secondary N) is 1. The molecule has 0 aliphatic rings. The van der Waals surface area contributed by atoms with Crippen LogP contribution < -0.4 is 14.4 Å². The van der Waals surface area contributed by atoms with Gasteiger partial charge in [-0.15, -0.1) is 11.3 Å². The van der Waals surface area contributed by atoms with Crippen molar-refractivity contribution in [2.45, 2.75) is 25.2 Å². The lowest BCUT2D eigenvalue weighted by Gasteiger charge is -2.22. The Kier molecular flexibility index (Phi) is 8.02. The van der Waals surface area contributed by atoms with Crippen LogP contribution >= 0.6 is 11.3 Å². The molecule has 1 heterocycles. The van der Waals surface area contributed by atoms with Gasteiger partial charge in [-0.05, 0) is 74.0 Å². The van der Waals surface area contributed by atoms with Crippen molar-refractivity contribution in [3.63, 3.8) is 0 Å². The SMILES string of the molecule is CCCOc1ccc(-c2csc(NC(=O)c3ccc(S(=O)(=O)N(CC)c4ccccc4)cc3)n2)cc1. The van der Waals surface area contributed by atoms with E-state index in [4.69, 9.17) is 4.74 Å². The Morgan fingerprint density at radius 1 is 0.972 bits per heavy atom. The number of amides is 1. The number of para-hydroxylation sites is 1. The van der Waals surface area contributed by atoms with Gasteiger partial charge in [0.15, 0.2) is 5.13 Å². The molecule has 7 nitrogen and oxygen atoms in total. The number of benzene rings is 3. The van der Waals surface area contributed by atoms with E-state index in [-0.39, 0.29) is 17.3 Å². The van der Waals surface area contributed by atoms with Crippen LogP contribution in [0, 0.1) is 0 Å². The molecular formula is C27H27N3O4S2. The first-order chi connectivity index (χ1) is 17.4. The van der Waals surface area contributed by atoms with E-state index in [0.29, 0.717) is 23.0 Å². The van der Waals surface area contributed by atoms with Gasteiger partial charge in [-0.25, -0.2) is 13.4 Å². The third-order valence-electron chi connectivity index (χ3n) is 5.38. The van der Waals surface area contributed by atoms with E-state index in [9.17, 15) is 13.2 Å². The fourth-order valence-corrected chi connectivity index (χ4v) is 5.75. The zero-order valence-electron chi connectivity index (χ0n) is 20.0. The normalized spacial score (nSPS) is 11.2. The number of nitrogens with zero attached hydrogens (tertiary/aromatic N) is 2. The second-order valence-corrected chi connectivity index (χ2v) is 10.6. The van der Waals surface area contributed by atoms with Gasteiger partial charge in [-0.3, -0.25) is 14.4 Å². The molecule has 0 aliphatic heterocycles. The minimum Gasteiger partial charge on any atom is -0.494 e. The fraction of sp³-hybridized carbons (Fsp3) is 0.185. The number of aromatic nitrogens is 1. The van der Waals surface area contributed by atoms with E-state index < -0.39 is 10.0 Å². The van der Waals surface area contributed by atoms with Crippen molar-refractivity contribution in [3.05, 3.63) is 89.8 Å². The lowest BCUT2D eigenvalue weighted by Crippen LogP contribution is -2.30. The molecule has 1 N–H and O–H groups in total. The summed E-state index contributed by atoms with van der Waals surface area (Å²) in [7, 11) is -3.76. The number of sulfonamides is 1. The average Bonchev–Trinajstić information content (AvgIpc) is 3.37. The van der Waals surface area contributed by atoms with E-state index in [0.717, 1.165) is 23.4 Å². The van der Waals surface area contributed by atoms with Gasteiger partial charge in [0.25, 0.3) is 15.9 Å². The maximum atomic E-state index is 13.2. The second kappa shape index (κ2) is 11.4. The van der Waals surface area contributed by atoms with E-state index in [1.165, 1.54) is 39.9 Å². The van der Waals surface area contributed by atoms with E-state index >= 15 is 0 Å². The predicted molar refractivity (Wildman–Crippen MR) is 144 cm³/mol. The van der Waals surface area contributed by atoms with Crippen molar-refractivity contribution in [1.82, 2.24) is 4.98 Å². The first-order valence-electron chi connectivity index (χ1n) is 11.6. The number of hydrogen-bond acceptors (Lipinski definition) is 6. The molecule has 1 amide bonds. The predicted octanol–water partition coefficient (Wildman–Crippen LogP) is 6.07. The van der Waals surface area contributed by atoms with Gasteiger partial charge in [0.05, 0.1) is 22.9 Å². The van der Waals surface area contributed by atoms with Gasteiger partial charge in [0.2, 0.25) is 0 Å². The highest BCUT2D eigenvalue weighted by molar-refractivity contribution is 7.92. The second-order valence-electron chi connectivity index (χ2n) is 7.89. The first-order valence-corrected chi connectivity index (χ1v) is 13.9. The van der Waals surface area contributed by atoms with Gasteiger partial charge < -0.3 is 4.74 Å². The Hall–Kier alpha value is -3.69. The van der Waals surface area contributed by atoms with Crippen LogP contribution in [-0.4, -0.2) is 32.5 Å². The summed E-state index contributed by atoms with van der Waals surface area (Å²) in [5.41, 5.74) is 2.60. The van der Waals surface area contributed by atoms with Crippen LogP contribution in [0.25, 0.3) is 11.3 Å². The Bertz CT molecular complexity index is 1400. The third kappa shape index (κ3) is 5.75. The Labute approximate surface area is 215 Å². The zero-order valence-corrected chi connectivity index (χ0v) is 21.7. The van der Waals surface area contributed by atoms with Crippen LogP contribution in [0.15, 0.2) is 89.1 Å². The largest absolute Gasteiger partial charge is 0.494 e. The number of ether oxygens (including phenoxy) is 1. The van der Waals surface area contributed by atoms with Crippen molar-refractivity contribution in [3.8, 4) is 17.0 Å². The molecule has 0 spiro atoms. The molecule has 36 heavy (non-hydrogen) atoms. The minimum atomic E-state index is -3.76. The Balaban J connectivity index is 1.44. The van der Waals surface area contributed by atoms with Gasteiger partial charge in [0, 0.05) is 23.1 Å². The number of anilines is 2. The standard InChI is InChI=1S/C27H27N3O4S2/c1-3-18-34-23-14-10-20(11-15-23)25-19-35-27(28-25)29-26(31)21-12-16-24(17-13-21)36(32,33)30(4-2)22-8-6-5-7-9-22/h5-17,19H,3-4,18H2,1-2H3,(H,28,29,31). The summed E-state index contributed by atoms with van der Waals surface area (Å²) < 4.78 is 33.3. The molecular weight excluding hydrogens is 494 g/mol. The van der Waals surface area contributed by atoms with E-state index in [2.05, 4.69) is 17.2 Å². The summed E-state index contributed by atoms with van der Waals surface area (Å²) in [6.07, 6.45) is 0.945. The number of hydrogen-bond donors (Lipinski definition) is 1. The average molecular weight is 522 g/mol. The van der Waals surface area contributed by atoms with Crippen molar-refractivity contribution in [2.75, 3.05) is 22.8 Å². The quantitative estimate of drug-likeness (QED) is 0.274. The molecule has 0 radical (unpaired) electrons. The van der Waals surface area contributed by atoms with Gasteiger partial charge in [-0.2, -0.15) is 0 Å². The maximum absolute atomic E-state index is 13.2. The summed E-state index contributed by atoms with van der Waals surface area (Å²) in [4.78, 5) is 17.4. The van der Waals surface area contributed by atoms with Gasteiger partial charge in [-0.1, -0.05) is 25.1 Å². The van der Waals surface area contributed by atoms with Crippen molar-refractivity contribution in [1.29, 1.82) is 0 Å². The monoisotopic (exact) mass is 521 g/mol. The van der Waals surface area contributed by atoms with Crippen LogP contribution in [0.1, 0.15) is 30.6 Å². The molecule has 0 atom stereocenters. The highest BCUT2D eigenvalue weighted by Crippen LogP contribution is 2.27. The maximum Gasteiger partial charge on any atom is 0.264 e. The van der Waals surface area contributed by atoms with Gasteiger partial charge in [0.1, 0.15) is 5.75 Å². The summed E-state index contributed by atoms with van der Waals surface area (Å²) >= 11 is 1.32. The fourth-order valence-electron chi connectivity index (χ4n) is 3.57. The van der Waals surface area contributed by atoms with Crippen molar-refractivity contribution >= 4 is 38.1 Å². The van der Waals surface area contributed by atoms with Crippen LogP contribution in [0.4, 0.5) is 10.8 Å². The smallest absolute Gasteiger partial charge is 0.264 e. The number of rotatable bonds is 10. The van der Waals surface area contributed by atoms with Crippen molar-refractivity contribution in [2.24, 2.45) is 0 Å². The Morgan fingerprint density at radius 2 is 1.67 bits per heavy atom. The van der Waals surface area contributed by atoms with Gasteiger partial charge >= 0.3 is 0 Å². The molecule has 0 aliphatic carbocycles. The molecule has 0 unspecified atom stereocenters. The molecule has 0 fully saturated rings. The number of carbonyl (C=O) groups excluding carboxylic acids is 1. The summed E-state index contributed by atoms with van der Waals surface area (Å²) in [6, 6.07) is 22.5. The lowest BCUT2D eigenvalue weighted by atomic mass is 10.2. The molecule has 9 heteroatoms. The lowest BCUT2D eigenvalue weighted by molar-refractivity contribution is 0.102. The molecule has 0 bridgehead atoms. The van der Waals surface area contributed by atoms with Crippen LogP contribution in [0.5, 0.6) is 5.75 Å². The molecule has 0 saturated carbocycles. The highest BCUT2D eigenvalue weighted by Gasteiger charge is 2.23.